The highest BCUT2D eigenvalue weighted by molar-refractivity contribution is 6.36. The first-order chi connectivity index (χ1) is 7.20. The monoisotopic (exact) mass is 239 g/mol. The van der Waals surface area contributed by atoms with Crippen LogP contribution in [0.1, 0.15) is 11.5 Å². The highest BCUT2D eigenvalue weighted by Gasteiger charge is 2.51. The standard InChI is InChI=1S/C12H11Cl2N/c13-8-2-1-3-9(14)11(8)10-6-4-5-7(6)12(10)15/h1-7,10,12H,15H2/t6?,7?,10-,12+/m1/s1. The molecular formula is C12H11Cl2N. The molecule has 3 rings (SSSR count). The van der Waals surface area contributed by atoms with Gasteiger partial charge in [-0.3, -0.25) is 0 Å². The van der Waals surface area contributed by atoms with Gasteiger partial charge in [0.1, 0.15) is 0 Å². The summed E-state index contributed by atoms with van der Waals surface area (Å²) in [6.07, 6.45) is 4.38. The fourth-order valence-corrected chi connectivity index (χ4v) is 3.33. The maximum atomic E-state index is 6.18. The van der Waals surface area contributed by atoms with Gasteiger partial charge in [-0.1, -0.05) is 41.4 Å². The molecule has 2 N–H and O–H groups in total. The lowest BCUT2D eigenvalue weighted by Crippen LogP contribution is -2.56. The Morgan fingerprint density at radius 2 is 1.60 bits per heavy atom. The summed E-state index contributed by atoms with van der Waals surface area (Å²) in [5.41, 5.74) is 7.14. The molecule has 0 amide bonds. The second-order valence-electron chi connectivity index (χ2n) is 4.28. The van der Waals surface area contributed by atoms with Gasteiger partial charge < -0.3 is 5.73 Å². The number of allylic oxidation sites excluding steroid dienone is 1. The number of hydrogen-bond acceptors (Lipinski definition) is 1. The normalized spacial score (nSPS) is 36.7. The van der Waals surface area contributed by atoms with Crippen LogP contribution in [0.2, 0.25) is 10.0 Å². The molecule has 1 aromatic carbocycles. The van der Waals surface area contributed by atoms with Gasteiger partial charge in [-0.2, -0.15) is 0 Å². The third-order valence-electron chi connectivity index (χ3n) is 3.61. The molecular weight excluding hydrogens is 229 g/mol. The predicted octanol–water partition coefficient (Wildman–Crippen LogP) is 3.22. The zero-order valence-corrected chi connectivity index (χ0v) is 9.54. The van der Waals surface area contributed by atoms with E-state index in [1.807, 2.05) is 18.2 Å². The topological polar surface area (TPSA) is 26.0 Å². The van der Waals surface area contributed by atoms with E-state index in [9.17, 15) is 0 Å². The van der Waals surface area contributed by atoms with Gasteiger partial charge in [-0.05, 0) is 29.5 Å². The minimum Gasteiger partial charge on any atom is -0.327 e. The van der Waals surface area contributed by atoms with Crippen molar-refractivity contribution in [2.45, 2.75) is 12.0 Å². The highest BCUT2D eigenvalue weighted by Crippen LogP contribution is 2.55. The maximum absolute atomic E-state index is 6.18. The molecule has 0 aliphatic heterocycles. The Labute approximate surface area is 98.9 Å². The molecule has 0 saturated heterocycles. The van der Waals surface area contributed by atoms with Gasteiger partial charge in [0.15, 0.2) is 0 Å². The third kappa shape index (κ3) is 1.20. The fourth-order valence-electron chi connectivity index (χ4n) is 2.68. The molecule has 78 valence electrons. The molecule has 0 heterocycles. The van der Waals surface area contributed by atoms with Crippen molar-refractivity contribution < 1.29 is 0 Å². The van der Waals surface area contributed by atoms with E-state index in [4.69, 9.17) is 28.9 Å². The highest BCUT2D eigenvalue weighted by atomic mass is 35.5. The molecule has 2 aliphatic carbocycles. The van der Waals surface area contributed by atoms with Gasteiger partial charge >= 0.3 is 0 Å². The van der Waals surface area contributed by atoms with Crippen LogP contribution in [0.4, 0.5) is 0 Å². The quantitative estimate of drug-likeness (QED) is 0.749. The first-order valence-corrected chi connectivity index (χ1v) is 5.83. The van der Waals surface area contributed by atoms with E-state index >= 15 is 0 Å². The Bertz CT molecular complexity index is 421. The molecule has 1 saturated carbocycles. The van der Waals surface area contributed by atoms with Crippen molar-refractivity contribution in [1.29, 1.82) is 0 Å². The predicted molar refractivity (Wildman–Crippen MR) is 63.3 cm³/mol. The van der Waals surface area contributed by atoms with E-state index in [1.165, 1.54) is 0 Å². The molecule has 1 nitrogen and oxygen atoms in total. The van der Waals surface area contributed by atoms with Crippen LogP contribution in [0.15, 0.2) is 30.4 Å². The molecule has 15 heavy (non-hydrogen) atoms. The summed E-state index contributed by atoms with van der Waals surface area (Å²) in [5, 5.41) is 1.48. The summed E-state index contributed by atoms with van der Waals surface area (Å²) < 4.78 is 0. The number of benzene rings is 1. The average Bonchev–Trinajstić information content (AvgIpc) is 2.14. The van der Waals surface area contributed by atoms with Crippen LogP contribution >= 0.6 is 23.2 Å². The Balaban J connectivity index is 2.03. The van der Waals surface area contributed by atoms with Crippen LogP contribution in [-0.2, 0) is 0 Å². The summed E-state index contributed by atoms with van der Waals surface area (Å²) in [6.45, 7) is 0. The minimum atomic E-state index is 0.178. The van der Waals surface area contributed by atoms with E-state index in [-0.39, 0.29) is 6.04 Å². The van der Waals surface area contributed by atoms with Crippen molar-refractivity contribution in [3.63, 3.8) is 0 Å². The van der Waals surface area contributed by atoms with Gasteiger partial charge in [0, 0.05) is 22.0 Å². The fraction of sp³-hybridized carbons (Fsp3) is 0.333. The van der Waals surface area contributed by atoms with Crippen LogP contribution in [0.5, 0.6) is 0 Å². The molecule has 0 bridgehead atoms. The van der Waals surface area contributed by atoms with E-state index in [1.54, 1.807) is 0 Å². The van der Waals surface area contributed by atoms with Gasteiger partial charge in [-0.25, -0.2) is 0 Å². The Kier molecular flexibility index (Phi) is 2.10. The van der Waals surface area contributed by atoms with Gasteiger partial charge in [0.25, 0.3) is 0 Å². The zero-order chi connectivity index (χ0) is 10.6. The molecule has 2 unspecified atom stereocenters. The number of fused-ring (bicyclic) bond motifs is 1. The first-order valence-electron chi connectivity index (χ1n) is 5.08. The molecule has 0 radical (unpaired) electrons. The Morgan fingerprint density at radius 1 is 1.00 bits per heavy atom. The molecule has 3 heteroatoms. The lowest BCUT2D eigenvalue weighted by atomic mass is 9.53. The molecule has 1 fully saturated rings. The molecule has 0 aromatic heterocycles. The van der Waals surface area contributed by atoms with Crippen LogP contribution in [0.25, 0.3) is 0 Å². The van der Waals surface area contributed by atoms with Crippen molar-refractivity contribution in [3.8, 4) is 0 Å². The zero-order valence-electron chi connectivity index (χ0n) is 8.03. The van der Waals surface area contributed by atoms with Crippen molar-refractivity contribution in [2.24, 2.45) is 17.6 Å². The van der Waals surface area contributed by atoms with Crippen molar-refractivity contribution in [2.75, 3.05) is 0 Å². The van der Waals surface area contributed by atoms with Gasteiger partial charge in [-0.15, -0.1) is 0 Å². The lowest BCUT2D eigenvalue weighted by Gasteiger charge is -2.53. The van der Waals surface area contributed by atoms with Crippen LogP contribution in [0.3, 0.4) is 0 Å². The summed E-state index contributed by atoms with van der Waals surface area (Å²) >= 11 is 12.4. The second-order valence-corrected chi connectivity index (χ2v) is 5.09. The third-order valence-corrected chi connectivity index (χ3v) is 4.27. The van der Waals surface area contributed by atoms with E-state index in [0.29, 0.717) is 17.8 Å². The first kappa shape index (κ1) is 9.71. The van der Waals surface area contributed by atoms with Gasteiger partial charge in [0.05, 0.1) is 0 Å². The second kappa shape index (κ2) is 3.24. The summed E-state index contributed by atoms with van der Waals surface area (Å²) in [7, 11) is 0. The van der Waals surface area contributed by atoms with E-state index in [2.05, 4.69) is 12.2 Å². The molecule has 4 atom stereocenters. The largest absolute Gasteiger partial charge is 0.327 e. The maximum Gasteiger partial charge on any atom is 0.0456 e. The van der Waals surface area contributed by atoms with Crippen LogP contribution in [-0.4, -0.2) is 6.04 Å². The Morgan fingerprint density at radius 3 is 2.07 bits per heavy atom. The van der Waals surface area contributed by atoms with E-state index in [0.717, 1.165) is 15.6 Å². The summed E-state index contributed by atoms with van der Waals surface area (Å²) in [5.74, 6) is 1.40. The summed E-state index contributed by atoms with van der Waals surface area (Å²) in [4.78, 5) is 0. The lowest BCUT2D eigenvalue weighted by molar-refractivity contribution is 0.150. The number of rotatable bonds is 1. The SMILES string of the molecule is N[C@H]1C2C=CC2[C@@H]1c1c(Cl)cccc1Cl. The summed E-state index contributed by atoms with van der Waals surface area (Å²) in [6, 6.07) is 5.81. The smallest absolute Gasteiger partial charge is 0.0456 e. The Hall–Kier alpha value is -0.500. The minimum absolute atomic E-state index is 0.178. The number of halogens is 2. The number of hydrogen-bond donors (Lipinski definition) is 1. The van der Waals surface area contributed by atoms with E-state index < -0.39 is 0 Å². The average molecular weight is 240 g/mol. The van der Waals surface area contributed by atoms with Crippen LogP contribution < -0.4 is 5.73 Å². The number of nitrogens with two attached hydrogens (primary N) is 1. The van der Waals surface area contributed by atoms with Crippen molar-refractivity contribution in [1.82, 2.24) is 0 Å². The molecule has 0 spiro atoms. The molecule has 1 aromatic rings. The van der Waals surface area contributed by atoms with Crippen LogP contribution in [0, 0.1) is 11.8 Å². The van der Waals surface area contributed by atoms with Crippen molar-refractivity contribution in [3.05, 3.63) is 46.0 Å². The van der Waals surface area contributed by atoms with Gasteiger partial charge in [0.2, 0.25) is 0 Å². The molecule has 2 aliphatic rings. The van der Waals surface area contributed by atoms with Crippen molar-refractivity contribution >= 4 is 23.2 Å².